The van der Waals surface area contributed by atoms with Crippen molar-refractivity contribution < 1.29 is 4.79 Å². The van der Waals surface area contributed by atoms with Crippen LogP contribution in [-0.4, -0.2) is 37.1 Å². The first-order valence-electron chi connectivity index (χ1n) is 8.53. The van der Waals surface area contributed by atoms with E-state index in [9.17, 15) is 4.79 Å². The lowest BCUT2D eigenvalue weighted by molar-refractivity contribution is -0.120. The fraction of sp³-hybridized carbons (Fsp3) is 0.500. The molecule has 5 nitrogen and oxygen atoms in total. The second-order valence-corrected chi connectivity index (χ2v) is 5.84. The lowest BCUT2D eigenvalue weighted by Gasteiger charge is -2.06. The number of nitrogens with one attached hydrogen (secondary N) is 3. The number of amides is 1. The molecule has 0 fully saturated rings. The van der Waals surface area contributed by atoms with Gasteiger partial charge >= 0.3 is 0 Å². The molecule has 0 aliphatic carbocycles. The molecule has 23 heavy (non-hydrogen) atoms. The summed E-state index contributed by atoms with van der Waals surface area (Å²) in [6.07, 6.45) is 6.66. The molecule has 0 saturated carbocycles. The second kappa shape index (κ2) is 10.0. The third-order valence-electron chi connectivity index (χ3n) is 3.94. The lowest BCUT2D eigenvalue weighted by atomic mass is 10.1. The van der Waals surface area contributed by atoms with Crippen LogP contribution >= 0.6 is 0 Å². The summed E-state index contributed by atoms with van der Waals surface area (Å²) in [5.41, 5.74) is 7.58. The number of benzene rings is 1. The normalized spacial score (nSPS) is 11.0. The highest BCUT2D eigenvalue weighted by Gasteiger charge is 2.07. The van der Waals surface area contributed by atoms with Crippen molar-refractivity contribution in [1.82, 2.24) is 15.6 Å². The Morgan fingerprint density at radius 2 is 1.78 bits per heavy atom. The van der Waals surface area contributed by atoms with E-state index in [-0.39, 0.29) is 5.91 Å². The molecule has 5 N–H and O–H groups in total. The van der Waals surface area contributed by atoms with Crippen LogP contribution in [0.15, 0.2) is 30.5 Å². The summed E-state index contributed by atoms with van der Waals surface area (Å²) < 4.78 is 0. The molecule has 2 rings (SSSR count). The number of aromatic nitrogens is 1. The Morgan fingerprint density at radius 3 is 2.61 bits per heavy atom. The molecule has 0 radical (unpaired) electrons. The lowest BCUT2D eigenvalue weighted by Crippen LogP contribution is -2.27. The molecule has 0 unspecified atom stereocenters. The Hall–Kier alpha value is -1.85. The van der Waals surface area contributed by atoms with Gasteiger partial charge in [-0.2, -0.15) is 0 Å². The molecule has 2 aromatic rings. The van der Waals surface area contributed by atoms with Crippen LogP contribution in [0, 0.1) is 0 Å². The molecule has 0 atom stereocenters. The van der Waals surface area contributed by atoms with E-state index in [0.29, 0.717) is 6.42 Å². The fourth-order valence-electron chi connectivity index (χ4n) is 2.64. The van der Waals surface area contributed by atoms with Crippen molar-refractivity contribution in [2.24, 2.45) is 5.73 Å². The average Bonchev–Trinajstić information content (AvgIpc) is 2.96. The Morgan fingerprint density at radius 1 is 1.04 bits per heavy atom. The summed E-state index contributed by atoms with van der Waals surface area (Å²) in [6.45, 7) is 3.54. The number of nitrogens with two attached hydrogens (primary N) is 1. The van der Waals surface area contributed by atoms with E-state index in [1.165, 1.54) is 0 Å². The maximum absolute atomic E-state index is 12.0. The predicted molar refractivity (Wildman–Crippen MR) is 95.4 cm³/mol. The smallest absolute Gasteiger partial charge is 0.224 e. The molecule has 0 saturated heterocycles. The molecule has 126 valence electrons. The van der Waals surface area contributed by atoms with Gasteiger partial charge in [-0.3, -0.25) is 4.79 Å². The van der Waals surface area contributed by atoms with Crippen LogP contribution in [0.3, 0.4) is 0 Å². The maximum Gasteiger partial charge on any atom is 0.224 e. The van der Waals surface area contributed by atoms with Crippen LogP contribution < -0.4 is 16.4 Å². The number of aromatic amines is 1. The highest BCUT2D eigenvalue weighted by molar-refractivity contribution is 5.88. The molecular weight excluding hydrogens is 288 g/mol. The summed E-state index contributed by atoms with van der Waals surface area (Å²) in [5.74, 6) is 0.0886. The summed E-state index contributed by atoms with van der Waals surface area (Å²) in [6, 6.07) is 8.06. The van der Waals surface area contributed by atoms with Crippen molar-refractivity contribution in [2.45, 2.75) is 32.1 Å². The van der Waals surface area contributed by atoms with Gasteiger partial charge in [-0.1, -0.05) is 18.2 Å². The van der Waals surface area contributed by atoms with Gasteiger partial charge in [0, 0.05) is 23.6 Å². The quantitative estimate of drug-likeness (QED) is 0.478. The average molecular weight is 316 g/mol. The van der Waals surface area contributed by atoms with Crippen LogP contribution in [0.4, 0.5) is 0 Å². The molecule has 1 aromatic carbocycles. The van der Waals surface area contributed by atoms with E-state index in [1.54, 1.807) is 0 Å². The van der Waals surface area contributed by atoms with E-state index in [4.69, 9.17) is 5.73 Å². The Balaban J connectivity index is 1.57. The van der Waals surface area contributed by atoms with Gasteiger partial charge < -0.3 is 21.4 Å². The molecule has 1 amide bonds. The van der Waals surface area contributed by atoms with Gasteiger partial charge in [-0.05, 0) is 56.9 Å². The zero-order valence-corrected chi connectivity index (χ0v) is 13.7. The summed E-state index contributed by atoms with van der Waals surface area (Å²) in [7, 11) is 0. The van der Waals surface area contributed by atoms with Crippen molar-refractivity contribution in [3.8, 4) is 0 Å². The molecule has 0 bridgehead atoms. The van der Waals surface area contributed by atoms with Crippen molar-refractivity contribution in [2.75, 3.05) is 26.2 Å². The molecule has 0 aliphatic rings. The first-order valence-corrected chi connectivity index (χ1v) is 8.53. The van der Waals surface area contributed by atoms with Gasteiger partial charge in [-0.25, -0.2) is 0 Å². The minimum absolute atomic E-state index is 0.0886. The number of H-pyrrole nitrogens is 1. The van der Waals surface area contributed by atoms with E-state index in [0.717, 1.165) is 68.3 Å². The number of carbonyl (C=O) groups excluding carboxylic acids is 1. The Labute approximate surface area is 138 Å². The first kappa shape index (κ1) is 17.5. The van der Waals surface area contributed by atoms with Gasteiger partial charge in [0.15, 0.2) is 0 Å². The molecule has 0 aliphatic heterocycles. The number of para-hydroxylation sites is 1. The summed E-state index contributed by atoms with van der Waals surface area (Å²) in [5, 5.41) is 7.52. The minimum Gasteiger partial charge on any atom is -0.361 e. The number of carbonyl (C=O) groups is 1. The summed E-state index contributed by atoms with van der Waals surface area (Å²) in [4.78, 5) is 15.2. The van der Waals surface area contributed by atoms with E-state index < -0.39 is 0 Å². The fourth-order valence-corrected chi connectivity index (χ4v) is 2.64. The molecule has 1 heterocycles. The highest BCUT2D eigenvalue weighted by atomic mass is 16.1. The Bertz CT molecular complexity index is 593. The molecule has 0 spiro atoms. The van der Waals surface area contributed by atoms with Crippen molar-refractivity contribution >= 4 is 16.8 Å². The van der Waals surface area contributed by atoms with Crippen LogP contribution in [0.1, 0.15) is 31.2 Å². The van der Waals surface area contributed by atoms with Gasteiger partial charge in [-0.15, -0.1) is 0 Å². The topological polar surface area (TPSA) is 82.9 Å². The van der Waals surface area contributed by atoms with Crippen molar-refractivity contribution in [3.63, 3.8) is 0 Å². The van der Waals surface area contributed by atoms with Gasteiger partial charge in [0.1, 0.15) is 0 Å². The zero-order valence-electron chi connectivity index (χ0n) is 13.7. The molecule has 1 aromatic heterocycles. The van der Waals surface area contributed by atoms with Gasteiger partial charge in [0.25, 0.3) is 0 Å². The Kier molecular flexibility index (Phi) is 7.63. The van der Waals surface area contributed by atoms with E-state index in [2.05, 4.69) is 15.6 Å². The van der Waals surface area contributed by atoms with E-state index in [1.807, 2.05) is 30.5 Å². The molecular formula is C18H28N4O. The highest BCUT2D eigenvalue weighted by Crippen LogP contribution is 2.17. The third kappa shape index (κ3) is 6.04. The van der Waals surface area contributed by atoms with Gasteiger partial charge in [0.2, 0.25) is 5.91 Å². The number of hydrogen-bond donors (Lipinski definition) is 4. The van der Waals surface area contributed by atoms with Crippen LogP contribution in [0.2, 0.25) is 0 Å². The van der Waals surface area contributed by atoms with Crippen LogP contribution in [-0.2, 0) is 11.2 Å². The van der Waals surface area contributed by atoms with Gasteiger partial charge in [0.05, 0.1) is 6.42 Å². The largest absolute Gasteiger partial charge is 0.361 e. The monoisotopic (exact) mass is 316 g/mol. The third-order valence-corrected chi connectivity index (χ3v) is 3.94. The predicted octanol–water partition coefficient (Wildman–Crippen LogP) is 1.94. The van der Waals surface area contributed by atoms with E-state index >= 15 is 0 Å². The zero-order chi connectivity index (χ0) is 16.3. The van der Waals surface area contributed by atoms with Crippen LogP contribution in [0.5, 0.6) is 0 Å². The number of hydrogen-bond acceptors (Lipinski definition) is 3. The summed E-state index contributed by atoms with van der Waals surface area (Å²) >= 11 is 0. The van der Waals surface area contributed by atoms with Crippen molar-refractivity contribution in [3.05, 3.63) is 36.0 Å². The second-order valence-electron chi connectivity index (χ2n) is 5.84. The first-order chi connectivity index (χ1) is 11.3. The SMILES string of the molecule is NCCCCNCCCCNC(=O)Cc1c[nH]c2ccccc12. The number of fused-ring (bicyclic) bond motifs is 1. The standard InChI is InChI=1S/C18H28N4O/c19-9-3-4-10-20-11-5-6-12-21-18(23)13-15-14-22-17-8-2-1-7-16(15)17/h1-2,7-8,14,20,22H,3-6,9-13,19H2,(H,21,23). The minimum atomic E-state index is 0.0886. The number of rotatable bonds is 11. The molecule has 5 heteroatoms. The number of unbranched alkanes of at least 4 members (excludes halogenated alkanes) is 2. The van der Waals surface area contributed by atoms with Crippen LogP contribution in [0.25, 0.3) is 10.9 Å². The van der Waals surface area contributed by atoms with Crippen molar-refractivity contribution in [1.29, 1.82) is 0 Å². The maximum atomic E-state index is 12.0.